The van der Waals surface area contributed by atoms with E-state index in [-0.39, 0.29) is 12.5 Å². The Morgan fingerprint density at radius 3 is 2.47 bits per heavy atom. The number of ether oxygens (including phenoxy) is 2. The Morgan fingerprint density at radius 1 is 1.00 bits per heavy atom. The standard InChI is InChI=1S/C25H26BrN3O3/c1-3-31-24-14-20(8-13-23(24)32-17-19-6-9-21(26)10-7-19)15-28-29-25(30)16-27-22-11-4-18(2)5-12-22/h4-15,27H,3,16-17H2,1-2H3,(H,29,30)/b28-15-. The fourth-order valence-corrected chi connectivity index (χ4v) is 3.07. The summed E-state index contributed by atoms with van der Waals surface area (Å²) in [6.07, 6.45) is 1.57. The number of nitrogens with zero attached hydrogens (tertiary/aromatic N) is 1. The summed E-state index contributed by atoms with van der Waals surface area (Å²) in [5.41, 5.74) is 6.42. The summed E-state index contributed by atoms with van der Waals surface area (Å²) in [6.45, 7) is 5.01. The maximum atomic E-state index is 12.0. The first-order valence-electron chi connectivity index (χ1n) is 10.3. The van der Waals surface area contributed by atoms with Crippen molar-refractivity contribution in [3.8, 4) is 11.5 Å². The zero-order chi connectivity index (χ0) is 22.8. The van der Waals surface area contributed by atoms with E-state index in [0.717, 1.165) is 21.3 Å². The normalized spacial score (nSPS) is 10.7. The molecule has 0 aliphatic heterocycles. The lowest BCUT2D eigenvalue weighted by atomic mass is 10.2. The Bertz CT molecular complexity index is 1050. The highest BCUT2D eigenvalue weighted by Crippen LogP contribution is 2.29. The lowest BCUT2D eigenvalue weighted by Gasteiger charge is -2.12. The second-order valence-corrected chi connectivity index (χ2v) is 7.98. The van der Waals surface area contributed by atoms with Crippen LogP contribution in [0.15, 0.2) is 76.3 Å². The van der Waals surface area contributed by atoms with E-state index < -0.39 is 0 Å². The second-order valence-electron chi connectivity index (χ2n) is 7.07. The van der Waals surface area contributed by atoms with Crippen LogP contribution in [0.25, 0.3) is 0 Å². The summed E-state index contributed by atoms with van der Waals surface area (Å²) in [5, 5.41) is 7.09. The average molecular weight is 496 g/mol. The molecule has 2 N–H and O–H groups in total. The van der Waals surface area contributed by atoms with Gasteiger partial charge in [-0.2, -0.15) is 5.10 Å². The van der Waals surface area contributed by atoms with Crippen molar-refractivity contribution in [2.75, 3.05) is 18.5 Å². The number of aryl methyl sites for hydroxylation is 1. The topological polar surface area (TPSA) is 72.0 Å². The summed E-state index contributed by atoms with van der Waals surface area (Å²) >= 11 is 3.43. The van der Waals surface area contributed by atoms with Gasteiger partial charge in [0.25, 0.3) is 5.91 Å². The maximum absolute atomic E-state index is 12.0. The van der Waals surface area contributed by atoms with E-state index in [4.69, 9.17) is 9.47 Å². The van der Waals surface area contributed by atoms with Crippen LogP contribution in [0.3, 0.4) is 0 Å². The van der Waals surface area contributed by atoms with E-state index in [1.807, 2.05) is 80.6 Å². The van der Waals surface area contributed by atoms with Gasteiger partial charge in [0.05, 0.1) is 19.4 Å². The quantitative estimate of drug-likeness (QED) is 0.295. The Morgan fingerprint density at radius 2 is 1.75 bits per heavy atom. The van der Waals surface area contributed by atoms with E-state index in [9.17, 15) is 4.79 Å². The van der Waals surface area contributed by atoms with Crippen molar-refractivity contribution in [2.45, 2.75) is 20.5 Å². The van der Waals surface area contributed by atoms with E-state index in [0.29, 0.717) is 24.7 Å². The van der Waals surface area contributed by atoms with Crippen LogP contribution in [-0.4, -0.2) is 25.3 Å². The van der Waals surface area contributed by atoms with Crippen LogP contribution in [0.1, 0.15) is 23.6 Å². The molecular weight excluding hydrogens is 470 g/mol. The lowest BCUT2D eigenvalue weighted by Crippen LogP contribution is -2.25. The average Bonchev–Trinajstić information content (AvgIpc) is 2.79. The number of halogens is 1. The number of carbonyl (C=O) groups is 1. The molecule has 0 aliphatic rings. The monoisotopic (exact) mass is 495 g/mol. The number of carbonyl (C=O) groups excluding carboxylic acids is 1. The largest absolute Gasteiger partial charge is 0.490 e. The summed E-state index contributed by atoms with van der Waals surface area (Å²) in [6, 6.07) is 21.3. The minimum atomic E-state index is -0.235. The molecule has 0 atom stereocenters. The highest BCUT2D eigenvalue weighted by Gasteiger charge is 2.07. The smallest absolute Gasteiger partial charge is 0.259 e. The first-order chi connectivity index (χ1) is 15.5. The molecule has 32 heavy (non-hydrogen) atoms. The van der Waals surface area contributed by atoms with Gasteiger partial charge < -0.3 is 14.8 Å². The molecule has 1 amide bonds. The molecule has 0 saturated carbocycles. The van der Waals surface area contributed by atoms with Gasteiger partial charge in [-0.1, -0.05) is 45.8 Å². The molecule has 0 spiro atoms. The van der Waals surface area contributed by atoms with Crippen molar-refractivity contribution in [3.63, 3.8) is 0 Å². The third kappa shape index (κ3) is 7.42. The van der Waals surface area contributed by atoms with Crippen molar-refractivity contribution < 1.29 is 14.3 Å². The van der Waals surface area contributed by atoms with Crippen molar-refractivity contribution in [3.05, 3.63) is 87.9 Å². The predicted octanol–water partition coefficient (Wildman–Crippen LogP) is 5.30. The fraction of sp³-hybridized carbons (Fsp3) is 0.200. The van der Waals surface area contributed by atoms with Gasteiger partial charge in [0.2, 0.25) is 0 Å². The predicted molar refractivity (Wildman–Crippen MR) is 131 cm³/mol. The van der Waals surface area contributed by atoms with Crippen molar-refractivity contribution >= 4 is 33.7 Å². The Labute approximate surface area is 196 Å². The molecule has 3 aromatic rings. The Hall–Kier alpha value is -3.32. The van der Waals surface area contributed by atoms with E-state index in [2.05, 4.69) is 31.8 Å². The highest BCUT2D eigenvalue weighted by atomic mass is 79.9. The third-order valence-electron chi connectivity index (χ3n) is 4.48. The van der Waals surface area contributed by atoms with Crippen molar-refractivity contribution in [2.24, 2.45) is 5.10 Å². The van der Waals surface area contributed by atoms with Crippen LogP contribution in [0.2, 0.25) is 0 Å². The summed E-state index contributed by atoms with van der Waals surface area (Å²) in [5.74, 6) is 1.04. The summed E-state index contributed by atoms with van der Waals surface area (Å²) in [4.78, 5) is 12.0. The summed E-state index contributed by atoms with van der Waals surface area (Å²) < 4.78 is 12.7. The third-order valence-corrected chi connectivity index (χ3v) is 5.01. The van der Waals surface area contributed by atoms with Gasteiger partial charge in [0.15, 0.2) is 11.5 Å². The molecule has 0 heterocycles. The van der Waals surface area contributed by atoms with Crippen molar-refractivity contribution in [1.82, 2.24) is 5.43 Å². The van der Waals surface area contributed by atoms with Crippen LogP contribution in [0.5, 0.6) is 11.5 Å². The Balaban J connectivity index is 1.54. The lowest BCUT2D eigenvalue weighted by molar-refractivity contribution is -0.119. The van der Waals surface area contributed by atoms with Crippen molar-refractivity contribution in [1.29, 1.82) is 0 Å². The minimum Gasteiger partial charge on any atom is -0.490 e. The molecule has 0 radical (unpaired) electrons. The molecule has 0 saturated heterocycles. The zero-order valence-electron chi connectivity index (χ0n) is 18.1. The molecule has 6 nitrogen and oxygen atoms in total. The van der Waals surface area contributed by atoms with Gasteiger partial charge in [0.1, 0.15) is 6.61 Å². The first-order valence-corrected chi connectivity index (χ1v) is 11.1. The number of hydrazone groups is 1. The van der Waals surface area contributed by atoms with Crippen LogP contribution in [0, 0.1) is 6.92 Å². The van der Waals surface area contributed by atoms with Gasteiger partial charge in [0, 0.05) is 10.2 Å². The number of rotatable bonds is 10. The molecule has 0 unspecified atom stereocenters. The van der Waals surface area contributed by atoms with Gasteiger partial charge in [-0.05, 0) is 67.4 Å². The van der Waals surface area contributed by atoms with Gasteiger partial charge >= 0.3 is 0 Å². The molecule has 0 aliphatic carbocycles. The molecule has 0 bridgehead atoms. The molecule has 0 fully saturated rings. The first kappa shape index (κ1) is 23.3. The number of nitrogens with one attached hydrogen (secondary N) is 2. The van der Waals surface area contributed by atoms with Crippen LogP contribution in [-0.2, 0) is 11.4 Å². The molecule has 3 rings (SSSR count). The fourth-order valence-electron chi connectivity index (χ4n) is 2.81. The number of anilines is 1. The Kier molecular flexibility index (Phi) is 8.69. The number of benzene rings is 3. The molecule has 0 aromatic heterocycles. The highest BCUT2D eigenvalue weighted by molar-refractivity contribution is 9.10. The van der Waals surface area contributed by atoms with E-state index >= 15 is 0 Å². The molecular formula is C25H26BrN3O3. The molecule has 166 valence electrons. The second kappa shape index (κ2) is 11.9. The van der Waals surface area contributed by atoms with Crippen LogP contribution >= 0.6 is 15.9 Å². The minimum absolute atomic E-state index is 0.132. The number of hydrogen-bond donors (Lipinski definition) is 2. The SMILES string of the molecule is CCOc1cc(/C=N\NC(=O)CNc2ccc(C)cc2)ccc1OCc1ccc(Br)cc1. The summed E-state index contributed by atoms with van der Waals surface area (Å²) in [7, 11) is 0. The molecule has 7 heteroatoms. The van der Waals surface area contributed by atoms with Gasteiger partial charge in [-0.25, -0.2) is 5.43 Å². The maximum Gasteiger partial charge on any atom is 0.259 e. The van der Waals surface area contributed by atoms with Crippen LogP contribution < -0.4 is 20.2 Å². The zero-order valence-corrected chi connectivity index (χ0v) is 19.7. The van der Waals surface area contributed by atoms with E-state index in [1.165, 1.54) is 5.56 Å². The van der Waals surface area contributed by atoms with Crippen LogP contribution in [0.4, 0.5) is 5.69 Å². The number of amides is 1. The van der Waals surface area contributed by atoms with E-state index in [1.54, 1.807) is 6.21 Å². The van der Waals surface area contributed by atoms with Gasteiger partial charge in [-0.15, -0.1) is 0 Å². The molecule has 3 aromatic carbocycles. The number of hydrogen-bond acceptors (Lipinski definition) is 5. The van der Waals surface area contributed by atoms with Gasteiger partial charge in [-0.3, -0.25) is 4.79 Å².